The van der Waals surface area contributed by atoms with Gasteiger partial charge in [-0.1, -0.05) is 56.5 Å². The first-order valence-corrected chi connectivity index (χ1v) is 7.66. The van der Waals surface area contributed by atoms with Crippen LogP contribution in [0.2, 0.25) is 0 Å². The first-order chi connectivity index (χ1) is 9.20. The highest BCUT2D eigenvalue weighted by Crippen LogP contribution is 2.32. The van der Waals surface area contributed by atoms with Crippen LogP contribution in [0.3, 0.4) is 0 Å². The van der Waals surface area contributed by atoms with Gasteiger partial charge in [-0.15, -0.1) is 0 Å². The van der Waals surface area contributed by atoms with Crippen molar-refractivity contribution in [2.45, 2.75) is 64.2 Å². The molecule has 0 aromatic heterocycles. The van der Waals surface area contributed by atoms with Crippen LogP contribution in [-0.4, -0.2) is 12.1 Å². The van der Waals surface area contributed by atoms with Crippen LogP contribution in [0.4, 0.5) is 0 Å². The molecule has 1 aromatic carbocycles. The summed E-state index contributed by atoms with van der Waals surface area (Å²) < 4.78 is 6.35. The average molecular weight is 261 g/mol. The van der Waals surface area contributed by atoms with E-state index in [9.17, 15) is 0 Å². The largest absolute Gasteiger partial charge is 0.369 e. The molecular weight excluding hydrogens is 234 g/mol. The smallest absolute Gasteiger partial charge is 0.0976 e. The Labute approximate surface area is 117 Å². The Hall–Kier alpha value is -0.860. The van der Waals surface area contributed by atoms with Crippen LogP contribution in [0.25, 0.3) is 0 Å². The maximum atomic E-state index is 6.35. The molecule has 1 fully saturated rings. The predicted octanol–water partition coefficient (Wildman–Crippen LogP) is 4.06. The molecule has 0 heterocycles. The van der Waals surface area contributed by atoms with E-state index in [1.165, 1.54) is 37.7 Å². The van der Waals surface area contributed by atoms with E-state index < -0.39 is 0 Å². The zero-order chi connectivity index (χ0) is 13.7. The van der Waals surface area contributed by atoms with Crippen molar-refractivity contribution >= 4 is 0 Å². The van der Waals surface area contributed by atoms with E-state index in [2.05, 4.69) is 31.2 Å². The summed E-state index contributed by atoms with van der Waals surface area (Å²) in [5.41, 5.74) is 7.33. The molecule has 0 bridgehead atoms. The molecule has 0 aliphatic heterocycles. The van der Waals surface area contributed by atoms with E-state index >= 15 is 0 Å². The Morgan fingerprint density at radius 2 is 2.00 bits per heavy atom. The Bertz CT molecular complexity index is 363. The molecular formula is C17H27NO. The molecule has 1 saturated carbocycles. The molecule has 0 saturated heterocycles. The highest BCUT2D eigenvalue weighted by atomic mass is 16.5. The Morgan fingerprint density at radius 3 is 2.63 bits per heavy atom. The van der Waals surface area contributed by atoms with Crippen molar-refractivity contribution < 1.29 is 4.74 Å². The lowest BCUT2D eigenvalue weighted by atomic mass is 9.85. The first-order valence-electron chi connectivity index (χ1n) is 7.66. The highest BCUT2D eigenvalue weighted by molar-refractivity contribution is 5.19. The van der Waals surface area contributed by atoms with Gasteiger partial charge in [-0.05, 0) is 31.2 Å². The summed E-state index contributed by atoms with van der Waals surface area (Å²) in [6.45, 7) is 4.32. The summed E-state index contributed by atoms with van der Waals surface area (Å²) in [6.07, 6.45) is 6.73. The summed E-state index contributed by atoms with van der Waals surface area (Å²) in [5, 5.41) is 0. The van der Waals surface area contributed by atoms with Crippen LogP contribution >= 0.6 is 0 Å². The Kier molecular flexibility index (Phi) is 5.41. The maximum Gasteiger partial charge on any atom is 0.0976 e. The summed E-state index contributed by atoms with van der Waals surface area (Å²) >= 11 is 0. The summed E-state index contributed by atoms with van der Waals surface area (Å²) in [4.78, 5) is 0. The number of hydrogen-bond acceptors (Lipinski definition) is 2. The first kappa shape index (κ1) is 14.5. The van der Waals surface area contributed by atoms with E-state index in [0.29, 0.717) is 6.10 Å². The lowest BCUT2D eigenvalue weighted by Gasteiger charge is -2.33. The molecule has 1 aliphatic rings. The van der Waals surface area contributed by atoms with Crippen LogP contribution in [-0.2, 0) is 4.74 Å². The summed E-state index contributed by atoms with van der Waals surface area (Å²) in [7, 11) is 0. The fourth-order valence-electron chi connectivity index (χ4n) is 3.09. The summed E-state index contributed by atoms with van der Waals surface area (Å²) in [5.74, 6) is 0.836. The summed E-state index contributed by atoms with van der Waals surface area (Å²) in [6, 6.07) is 10.4. The number of rotatable bonds is 5. The number of ether oxygens (including phenoxy) is 1. The normalized spacial score (nSPS) is 26.9. The van der Waals surface area contributed by atoms with Crippen molar-refractivity contribution in [1.29, 1.82) is 0 Å². The molecule has 4 unspecified atom stereocenters. The lowest BCUT2D eigenvalue weighted by molar-refractivity contribution is -0.0508. The van der Waals surface area contributed by atoms with Crippen molar-refractivity contribution in [2.75, 3.05) is 0 Å². The zero-order valence-corrected chi connectivity index (χ0v) is 12.2. The minimum Gasteiger partial charge on any atom is -0.369 e. The van der Waals surface area contributed by atoms with Crippen LogP contribution in [0, 0.1) is 5.92 Å². The standard InChI is InChI=1S/C17H27NO/c1-3-14-8-7-11-16(12-14)19-17(13(2)18)15-9-5-4-6-10-15/h4-6,9-10,13-14,16-17H,3,7-8,11-12,18H2,1-2H3. The molecule has 0 spiro atoms. The van der Waals surface area contributed by atoms with Gasteiger partial charge in [0.1, 0.15) is 0 Å². The van der Waals surface area contributed by atoms with E-state index in [-0.39, 0.29) is 12.1 Å². The van der Waals surface area contributed by atoms with Crippen molar-refractivity contribution in [3.63, 3.8) is 0 Å². The fraction of sp³-hybridized carbons (Fsp3) is 0.647. The molecule has 106 valence electrons. The molecule has 0 amide bonds. The highest BCUT2D eigenvalue weighted by Gasteiger charge is 2.26. The maximum absolute atomic E-state index is 6.35. The lowest BCUT2D eigenvalue weighted by Crippen LogP contribution is -2.32. The quantitative estimate of drug-likeness (QED) is 0.867. The molecule has 1 aliphatic carbocycles. The van der Waals surface area contributed by atoms with E-state index in [4.69, 9.17) is 10.5 Å². The van der Waals surface area contributed by atoms with Gasteiger partial charge in [0, 0.05) is 6.04 Å². The zero-order valence-electron chi connectivity index (χ0n) is 12.2. The third kappa shape index (κ3) is 4.05. The molecule has 4 atom stereocenters. The number of benzene rings is 1. The van der Waals surface area contributed by atoms with Crippen LogP contribution < -0.4 is 5.73 Å². The van der Waals surface area contributed by atoms with Crippen LogP contribution in [0.5, 0.6) is 0 Å². The van der Waals surface area contributed by atoms with Gasteiger partial charge in [0.15, 0.2) is 0 Å². The fourth-order valence-corrected chi connectivity index (χ4v) is 3.09. The molecule has 2 rings (SSSR count). The topological polar surface area (TPSA) is 35.2 Å². The molecule has 2 N–H and O–H groups in total. The third-order valence-corrected chi connectivity index (χ3v) is 4.26. The van der Waals surface area contributed by atoms with Crippen molar-refractivity contribution in [3.05, 3.63) is 35.9 Å². The Morgan fingerprint density at radius 1 is 1.26 bits per heavy atom. The van der Waals surface area contributed by atoms with Crippen molar-refractivity contribution in [1.82, 2.24) is 0 Å². The van der Waals surface area contributed by atoms with Crippen molar-refractivity contribution in [3.8, 4) is 0 Å². The van der Waals surface area contributed by atoms with Gasteiger partial charge >= 0.3 is 0 Å². The molecule has 0 radical (unpaired) electrons. The average Bonchev–Trinajstić information content (AvgIpc) is 2.45. The second kappa shape index (κ2) is 7.06. The van der Waals surface area contributed by atoms with E-state index in [1.54, 1.807) is 0 Å². The molecule has 2 nitrogen and oxygen atoms in total. The molecule has 2 heteroatoms. The van der Waals surface area contributed by atoms with Gasteiger partial charge < -0.3 is 10.5 Å². The second-order valence-corrected chi connectivity index (χ2v) is 5.89. The monoisotopic (exact) mass is 261 g/mol. The van der Waals surface area contributed by atoms with Gasteiger partial charge in [0.25, 0.3) is 0 Å². The Balaban J connectivity index is 2.01. The number of nitrogens with two attached hydrogens (primary N) is 1. The van der Waals surface area contributed by atoms with Gasteiger partial charge in [0.2, 0.25) is 0 Å². The van der Waals surface area contributed by atoms with E-state index in [0.717, 1.165) is 5.92 Å². The minimum absolute atomic E-state index is 0.0295. The van der Waals surface area contributed by atoms with Gasteiger partial charge in [0.05, 0.1) is 12.2 Å². The van der Waals surface area contributed by atoms with Crippen LogP contribution in [0.1, 0.15) is 57.6 Å². The predicted molar refractivity (Wildman–Crippen MR) is 80.0 cm³/mol. The van der Waals surface area contributed by atoms with Gasteiger partial charge in [-0.2, -0.15) is 0 Å². The SMILES string of the molecule is CCC1CCCC(OC(c2ccccc2)C(C)N)C1. The van der Waals surface area contributed by atoms with Gasteiger partial charge in [-0.25, -0.2) is 0 Å². The van der Waals surface area contributed by atoms with Crippen molar-refractivity contribution in [2.24, 2.45) is 11.7 Å². The van der Waals surface area contributed by atoms with Crippen LogP contribution in [0.15, 0.2) is 30.3 Å². The third-order valence-electron chi connectivity index (χ3n) is 4.26. The minimum atomic E-state index is 0.0295. The number of hydrogen-bond donors (Lipinski definition) is 1. The molecule has 1 aromatic rings. The second-order valence-electron chi connectivity index (χ2n) is 5.89. The van der Waals surface area contributed by atoms with Gasteiger partial charge in [-0.3, -0.25) is 0 Å². The molecule has 19 heavy (non-hydrogen) atoms. The van der Waals surface area contributed by atoms with E-state index in [1.807, 2.05) is 13.0 Å².